The zero-order valence-corrected chi connectivity index (χ0v) is 22.2. The second-order valence-corrected chi connectivity index (χ2v) is 11.6. The van der Waals surface area contributed by atoms with E-state index in [1.807, 2.05) is 11.3 Å². The molecule has 39 heavy (non-hydrogen) atoms. The van der Waals surface area contributed by atoms with Crippen molar-refractivity contribution < 1.29 is 0 Å². The lowest BCUT2D eigenvalue weighted by molar-refractivity contribution is 0.709. The zero-order valence-electron chi connectivity index (χ0n) is 21.4. The fourth-order valence-electron chi connectivity index (χ4n) is 6.43. The van der Waals surface area contributed by atoms with E-state index in [0.29, 0.717) is 0 Å². The van der Waals surface area contributed by atoms with Gasteiger partial charge in [-0.3, -0.25) is 0 Å². The van der Waals surface area contributed by atoms with Gasteiger partial charge in [-0.1, -0.05) is 127 Å². The maximum Gasteiger partial charge on any atom is 0.0355 e. The molecule has 0 spiro atoms. The first-order valence-electron chi connectivity index (χ1n) is 13.6. The van der Waals surface area contributed by atoms with Gasteiger partial charge in [0.1, 0.15) is 0 Å². The highest BCUT2D eigenvalue weighted by atomic mass is 32.1. The van der Waals surface area contributed by atoms with Gasteiger partial charge in [-0.2, -0.15) is 0 Å². The minimum Gasteiger partial charge on any atom is -0.135 e. The number of hydrogen-bond donors (Lipinski definition) is 0. The van der Waals surface area contributed by atoms with Crippen LogP contribution in [-0.4, -0.2) is 0 Å². The van der Waals surface area contributed by atoms with Crippen molar-refractivity contribution in [2.75, 3.05) is 0 Å². The Labute approximate surface area is 232 Å². The Kier molecular flexibility index (Phi) is 5.24. The lowest BCUT2D eigenvalue weighted by Gasteiger charge is -2.32. The van der Waals surface area contributed by atoms with Gasteiger partial charge in [-0.25, -0.2) is 0 Å². The van der Waals surface area contributed by atoms with Gasteiger partial charge in [-0.15, -0.1) is 11.3 Å². The first-order chi connectivity index (χ1) is 19.3. The summed E-state index contributed by atoms with van der Waals surface area (Å²) in [6.45, 7) is 0. The van der Waals surface area contributed by atoms with Crippen LogP contribution in [0.15, 0.2) is 140 Å². The summed E-state index contributed by atoms with van der Waals surface area (Å²) < 4.78 is 2.70. The van der Waals surface area contributed by atoms with E-state index >= 15 is 0 Å². The van der Waals surface area contributed by atoms with Crippen LogP contribution in [0.5, 0.6) is 0 Å². The average molecular weight is 515 g/mol. The predicted molar refractivity (Wildman–Crippen MR) is 169 cm³/mol. The van der Waals surface area contributed by atoms with E-state index in [9.17, 15) is 0 Å². The largest absolute Gasteiger partial charge is 0.135 e. The van der Waals surface area contributed by atoms with Crippen molar-refractivity contribution in [3.05, 3.63) is 162 Å². The van der Waals surface area contributed by atoms with Crippen molar-refractivity contribution in [1.29, 1.82) is 0 Å². The molecule has 0 radical (unpaired) electrons. The molecular weight excluding hydrogens is 488 g/mol. The van der Waals surface area contributed by atoms with E-state index in [-0.39, 0.29) is 11.8 Å². The molecule has 0 saturated carbocycles. The highest BCUT2D eigenvalue weighted by Gasteiger charge is 2.29. The minimum absolute atomic E-state index is 0.273. The van der Waals surface area contributed by atoms with Gasteiger partial charge in [0.05, 0.1) is 0 Å². The summed E-state index contributed by atoms with van der Waals surface area (Å²) in [6, 6.07) is 49.3. The summed E-state index contributed by atoms with van der Waals surface area (Å²) in [7, 11) is 0. The van der Waals surface area contributed by atoms with Crippen LogP contribution in [0.2, 0.25) is 0 Å². The molecule has 0 N–H and O–H groups in total. The van der Waals surface area contributed by atoms with E-state index in [4.69, 9.17) is 0 Å². The van der Waals surface area contributed by atoms with E-state index in [1.165, 1.54) is 64.3 Å². The van der Waals surface area contributed by atoms with E-state index in [1.54, 1.807) is 0 Å². The molecule has 1 heterocycles. The summed E-state index contributed by atoms with van der Waals surface area (Å²) >= 11 is 1.87. The Morgan fingerprint density at radius 2 is 1.21 bits per heavy atom. The normalized spacial score (nSPS) is 16.6. The number of fused-ring (bicyclic) bond motifs is 6. The fourth-order valence-corrected chi connectivity index (χ4v) is 7.51. The van der Waals surface area contributed by atoms with Crippen molar-refractivity contribution in [3.63, 3.8) is 0 Å². The van der Waals surface area contributed by atoms with Crippen molar-refractivity contribution in [2.45, 2.75) is 11.8 Å². The van der Waals surface area contributed by atoms with Gasteiger partial charge in [0.25, 0.3) is 0 Å². The lowest BCUT2D eigenvalue weighted by Crippen LogP contribution is -2.15. The summed E-state index contributed by atoms with van der Waals surface area (Å²) in [6.07, 6.45) is 4.77. The number of benzene rings is 6. The topological polar surface area (TPSA) is 0 Å². The van der Waals surface area contributed by atoms with Gasteiger partial charge in [0, 0.05) is 32.0 Å². The maximum absolute atomic E-state index is 2.42. The van der Waals surface area contributed by atoms with Crippen molar-refractivity contribution in [1.82, 2.24) is 0 Å². The maximum atomic E-state index is 2.42. The summed E-state index contributed by atoms with van der Waals surface area (Å²) in [5, 5.41) is 5.32. The quantitative estimate of drug-likeness (QED) is 0.220. The van der Waals surface area contributed by atoms with Crippen molar-refractivity contribution >= 4 is 48.4 Å². The average Bonchev–Trinajstić information content (AvgIpc) is 3.39. The molecule has 1 aliphatic rings. The standard InChI is InChI=1S/C38H26S/c1-2-9-28(10-3-1)38-31(21-22-32-30-11-5-4-8-26(30)18-20-34(32)38)27-16-14-25(15-17-27)29-19-23-37-35(24-29)33-12-6-7-13-36(33)39-37/h1-24,31,38H. The second kappa shape index (κ2) is 9.08. The van der Waals surface area contributed by atoms with Crippen LogP contribution >= 0.6 is 11.3 Å². The molecular formula is C38H26S. The first kappa shape index (κ1) is 22.5. The molecule has 7 aromatic rings. The third kappa shape index (κ3) is 3.73. The third-order valence-corrected chi connectivity index (χ3v) is 9.48. The Hall–Kier alpha value is -4.46. The molecule has 8 rings (SSSR count). The Morgan fingerprint density at radius 3 is 2.08 bits per heavy atom. The van der Waals surface area contributed by atoms with Crippen molar-refractivity contribution in [2.24, 2.45) is 0 Å². The zero-order chi connectivity index (χ0) is 25.8. The summed E-state index contributed by atoms with van der Waals surface area (Å²) in [4.78, 5) is 0. The highest BCUT2D eigenvalue weighted by molar-refractivity contribution is 7.25. The smallest absolute Gasteiger partial charge is 0.0355 e. The number of allylic oxidation sites excluding steroid dienone is 1. The van der Waals surface area contributed by atoms with Crippen LogP contribution in [-0.2, 0) is 0 Å². The molecule has 0 saturated heterocycles. The molecule has 6 aromatic carbocycles. The highest BCUT2D eigenvalue weighted by Crippen LogP contribution is 2.46. The van der Waals surface area contributed by atoms with E-state index in [2.05, 4.69) is 146 Å². The molecule has 0 aliphatic heterocycles. The first-order valence-corrected chi connectivity index (χ1v) is 14.4. The van der Waals surface area contributed by atoms with Crippen LogP contribution in [0.4, 0.5) is 0 Å². The Balaban J connectivity index is 1.21. The third-order valence-electron chi connectivity index (χ3n) is 8.33. The van der Waals surface area contributed by atoms with Crippen LogP contribution in [0.3, 0.4) is 0 Å². The van der Waals surface area contributed by atoms with Gasteiger partial charge in [0.2, 0.25) is 0 Å². The molecule has 1 aromatic heterocycles. The Bertz CT molecular complexity index is 2010. The molecule has 0 nitrogen and oxygen atoms in total. The van der Waals surface area contributed by atoms with Crippen LogP contribution in [0.1, 0.15) is 34.1 Å². The van der Waals surface area contributed by atoms with Crippen molar-refractivity contribution in [3.8, 4) is 11.1 Å². The molecule has 1 heteroatoms. The molecule has 1 aliphatic carbocycles. The molecule has 0 amide bonds. The molecule has 0 bridgehead atoms. The monoisotopic (exact) mass is 514 g/mol. The SMILES string of the molecule is C1=CC(c2ccc(-c3ccc4sc5ccccc5c4c3)cc2)C(c2ccccc2)c2ccc3ccccc3c21. The molecule has 2 atom stereocenters. The molecule has 184 valence electrons. The molecule has 2 unspecified atom stereocenters. The van der Waals surface area contributed by atoms with Gasteiger partial charge in [-0.05, 0) is 62.4 Å². The minimum atomic E-state index is 0.273. The number of hydrogen-bond acceptors (Lipinski definition) is 1. The predicted octanol–water partition coefficient (Wildman–Crippen LogP) is 10.8. The van der Waals surface area contributed by atoms with E-state index in [0.717, 1.165) is 0 Å². The number of thiophene rings is 1. The lowest BCUT2D eigenvalue weighted by atomic mass is 9.71. The number of rotatable bonds is 3. The second-order valence-electron chi connectivity index (χ2n) is 10.5. The van der Waals surface area contributed by atoms with Crippen LogP contribution < -0.4 is 0 Å². The summed E-state index contributed by atoms with van der Waals surface area (Å²) in [5.41, 5.74) is 8.01. The van der Waals surface area contributed by atoms with Gasteiger partial charge >= 0.3 is 0 Å². The van der Waals surface area contributed by atoms with Crippen LogP contribution in [0.25, 0.3) is 48.1 Å². The van der Waals surface area contributed by atoms with Gasteiger partial charge in [0.15, 0.2) is 0 Å². The van der Waals surface area contributed by atoms with Gasteiger partial charge < -0.3 is 0 Å². The van der Waals surface area contributed by atoms with Crippen LogP contribution in [0, 0.1) is 0 Å². The molecule has 0 fully saturated rings. The summed E-state index contributed by atoms with van der Waals surface area (Å²) in [5.74, 6) is 0.550. The van der Waals surface area contributed by atoms with E-state index < -0.39 is 0 Å². The Morgan fingerprint density at radius 1 is 0.487 bits per heavy atom. The fraction of sp³-hybridized carbons (Fsp3) is 0.0526.